The molecule has 0 aliphatic carbocycles. The van der Waals surface area contributed by atoms with Gasteiger partial charge < -0.3 is 15.2 Å². The molecule has 2 aliphatic heterocycles. The molecule has 26 heavy (non-hydrogen) atoms. The summed E-state index contributed by atoms with van der Waals surface area (Å²) in [6.07, 6.45) is 3.11. The van der Waals surface area contributed by atoms with Crippen LogP contribution in [0.25, 0.3) is 0 Å². The first-order valence-electron chi connectivity index (χ1n) is 9.12. The van der Waals surface area contributed by atoms with Crippen LogP contribution in [0.1, 0.15) is 25.7 Å². The molecule has 2 aliphatic rings. The van der Waals surface area contributed by atoms with E-state index >= 15 is 0 Å². The van der Waals surface area contributed by atoms with Crippen LogP contribution >= 0.6 is 0 Å². The summed E-state index contributed by atoms with van der Waals surface area (Å²) in [6.45, 7) is 3.09. The molecular weight excluding hydrogens is 338 g/mol. The van der Waals surface area contributed by atoms with Gasteiger partial charge in [-0.2, -0.15) is 9.28 Å². The molecule has 2 N–H and O–H groups in total. The lowest BCUT2D eigenvalue weighted by atomic mass is 9.78. The molecule has 8 nitrogen and oxygen atoms in total. The number of benzene rings is 1. The molecule has 0 unspecified atom stereocenters. The number of hydrogen-bond donors (Lipinski definition) is 2. The van der Waals surface area contributed by atoms with E-state index in [9.17, 15) is 20.0 Å². The average Bonchev–Trinajstić information content (AvgIpc) is 2.68. The van der Waals surface area contributed by atoms with Gasteiger partial charge in [-0.1, -0.05) is 0 Å². The third kappa shape index (κ3) is 3.39. The van der Waals surface area contributed by atoms with Gasteiger partial charge in [0, 0.05) is 31.0 Å². The number of likely N-dealkylation sites (tertiary alicyclic amines) is 1. The third-order valence-corrected chi connectivity index (χ3v) is 6.03. The maximum atomic E-state index is 12.2. The summed E-state index contributed by atoms with van der Waals surface area (Å²) < 4.78 is 4.94. The van der Waals surface area contributed by atoms with E-state index in [1.54, 1.807) is 6.07 Å². The van der Waals surface area contributed by atoms with Crippen LogP contribution in [-0.4, -0.2) is 49.4 Å². The van der Waals surface area contributed by atoms with Crippen LogP contribution < -0.4 is 14.5 Å². The minimum atomic E-state index is -0.912. The van der Waals surface area contributed by atoms with Crippen molar-refractivity contribution in [1.29, 1.82) is 0 Å². The molecule has 142 valence electrons. The lowest BCUT2D eigenvalue weighted by Gasteiger charge is -2.41. The minimum Gasteiger partial charge on any atom is -0.490 e. The number of nitro benzene ring substituents is 1. The summed E-state index contributed by atoms with van der Waals surface area (Å²) in [5.41, 5.74) is 0.396. The second kappa shape index (κ2) is 7.59. The SMILES string of the molecule is COc1cc([N+]2(C(=O)O)CCC(C3CCNCC3)CC2)ccc1[N+](=O)[O-]. The predicted octanol–water partition coefficient (Wildman–Crippen LogP) is 3.00. The molecule has 0 spiro atoms. The Kier molecular flexibility index (Phi) is 5.43. The van der Waals surface area contributed by atoms with E-state index in [2.05, 4.69) is 5.32 Å². The fourth-order valence-corrected chi connectivity index (χ4v) is 4.46. The maximum Gasteiger partial charge on any atom is 0.518 e. The van der Waals surface area contributed by atoms with Gasteiger partial charge >= 0.3 is 11.8 Å². The lowest BCUT2D eigenvalue weighted by Crippen LogP contribution is -2.58. The number of carboxylic acid groups (broad SMARTS) is 1. The van der Waals surface area contributed by atoms with Crippen LogP contribution in [-0.2, 0) is 0 Å². The molecule has 0 atom stereocenters. The highest BCUT2D eigenvalue weighted by Crippen LogP contribution is 2.40. The number of nitrogens with zero attached hydrogens (tertiary/aromatic N) is 2. The number of nitrogens with one attached hydrogen (secondary N) is 1. The molecule has 2 fully saturated rings. The molecule has 2 saturated heterocycles. The van der Waals surface area contributed by atoms with Gasteiger partial charge in [-0.3, -0.25) is 10.1 Å². The van der Waals surface area contributed by atoms with Crippen molar-refractivity contribution in [1.82, 2.24) is 9.80 Å². The number of carbonyl (C=O) groups is 1. The van der Waals surface area contributed by atoms with Crippen molar-refractivity contribution in [3.63, 3.8) is 0 Å². The van der Waals surface area contributed by atoms with E-state index < -0.39 is 11.0 Å². The van der Waals surface area contributed by atoms with Gasteiger partial charge in [-0.15, -0.1) is 0 Å². The number of hydrogen-bond acceptors (Lipinski definition) is 5. The lowest BCUT2D eigenvalue weighted by molar-refractivity contribution is -0.385. The van der Waals surface area contributed by atoms with Crippen molar-refractivity contribution in [2.45, 2.75) is 25.7 Å². The Labute approximate surface area is 152 Å². The van der Waals surface area contributed by atoms with Gasteiger partial charge in [0.1, 0.15) is 5.69 Å². The first kappa shape index (κ1) is 18.6. The number of nitro groups is 1. The molecule has 3 rings (SSSR count). The van der Waals surface area contributed by atoms with Crippen molar-refractivity contribution in [2.75, 3.05) is 33.3 Å². The maximum absolute atomic E-state index is 12.2. The summed E-state index contributed by atoms with van der Waals surface area (Å²) in [5, 5.41) is 24.4. The molecule has 1 aromatic carbocycles. The van der Waals surface area contributed by atoms with Crippen LogP contribution in [0.4, 0.5) is 16.2 Å². The van der Waals surface area contributed by atoms with Crippen molar-refractivity contribution in [2.24, 2.45) is 11.8 Å². The fourth-order valence-electron chi connectivity index (χ4n) is 4.46. The van der Waals surface area contributed by atoms with Crippen LogP contribution in [0.15, 0.2) is 18.2 Å². The first-order valence-corrected chi connectivity index (χ1v) is 9.12. The second-order valence-electron chi connectivity index (χ2n) is 7.24. The Morgan fingerprint density at radius 1 is 1.23 bits per heavy atom. The highest BCUT2D eigenvalue weighted by molar-refractivity contribution is 5.82. The molecule has 0 saturated carbocycles. The Morgan fingerprint density at radius 2 is 1.85 bits per heavy atom. The first-order chi connectivity index (χ1) is 12.5. The number of ether oxygens (including phenoxy) is 1. The zero-order valence-corrected chi connectivity index (χ0v) is 15.0. The highest BCUT2D eigenvalue weighted by atomic mass is 16.6. The van der Waals surface area contributed by atoms with E-state index in [1.165, 1.54) is 19.2 Å². The number of quaternary nitrogens is 1. The molecule has 2 heterocycles. The summed E-state index contributed by atoms with van der Waals surface area (Å²) in [4.78, 5) is 22.7. The van der Waals surface area contributed by atoms with E-state index in [1.807, 2.05) is 0 Å². The monoisotopic (exact) mass is 364 g/mol. The van der Waals surface area contributed by atoms with Gasteiger partial charge in [0.15, 0.2) is 0 Å². The number of amides is 1. The average molecular weight is 364 g/mol. The van der Waals surface area contributed by atoms with Crippen molar-refractivity contribution in [3.05, 3.63) is 28.3 Å². The normalized spacial score (nSPS) is 27.0. The summed E-state index contributed by atoms with van der Waals surface area (Å²) in [6, 6.07) is 4.41. The molecule has 8 heteroatoms. The van der Waals surface area contributed by atoms with Gasteiger partial charge in [-0.05, 0) is 37.8 Å². The molecule has 0 aromatic heterocycles. The van der Waals surface area contributed by atoms with E-state index in [0.717, 1.165) is 38.8 Å². The predicted molar refractivity (Wildman–Crippen MR) is 97.5 cm³/mol. The summed E-state index contributed by atoms with van der Waals surface area (Å²) in [5.74, 6) is 1.33. The number of methoxy groups -OCH3 is 1. The molecule has 0 radical (unpaired) electrons. The summed E-state index contributed by atoms with van der Waals surface area (Å²) >= 11 is 0. The van der Waals surface area contributed by atoms with Gasteiger partial charge in [0.25, 0.3) is 0 Å². The quantitative estimate of drug-likeness (QED) is 0.484. The van der Waals surface area contributed by atoms with Gasteiger partial charge in [0.2, 0.25) is 5.75 Å². The number of piperidine rings is 2. The smallest absolute Gasteiger partial charge is 0.490 e. The van der Waals surface area contributed by atoms with E-state index in [-0.39, 0.29) is 15.9 Å². The topological polar surface area (TPSA) is 102 Å². The second-order valence-corrected chi connectivity index (χ2v) is 7.24. The standard InChI is InChI=1S/C18H25N3O5/c1-26-17-12-15(2-3-16(17)20(24)25)21(18(22)23)10-6-14(7-11-21)13-4-8-19-9-5-13/h2-3,12-14,19H,4-11H2,1H3/p+1. The van der Waals surface area contributed by atoms with Crippen LogP contribution in [0.3, 0.4) is 0 Å². The number of rotatable bonds is 4. The van der Waals surface area contributed by atoms with Crippen molar-refractivity contribution >= 4 is 17.5 Å². The summed E-state index contributed by atoms with van der Waals surface area (Å²) in [7, 11) is 1.36. The third-order valence-electron chi connectivity index (χ3n) is 6.03. The fraction of sp³-hybridized carbons (Fsp3) is 0.611. The van der Waals surface area contributed by atoms with Gasteiger partial charge in [0.05, 0.1) is 25.1 Å². The van der Waals surface area contributed by atoms with Crippen LogP contribution in [0.5, 0.6) is 5.75 Å². The molecule has 1 aromatic rings. The molecule has 0 bridgehead atoms. The van der Waals surface area contributed by atoms with Crippen molar-refractivity contribution < 1.29 is 19.6 Å². The molecular formula is C18H26N3O5+. The zero-order valence-electron chi connectivity index (χ0n) is 15.0. The highest BCUT2D eigenvalue weighted by Gasteiger charge is 2.45. The Hall–Kier alpha value is -2.19. The minimum absolute atomic E-state index is 0.103. The molecule has 1 amide bonds. The van der Waals surface area contributed by atoms with E-state index in [4.69, 9.17) is 4.74 Å². The van der Waals surface area contributed by atoms with Gasteiger partial charge in [-0.25, -0.2) is 0 Å². The Bertz CT molecular complexity index is 679. The van der Waals surface area contributed by atoms with Crippen LogP contribution in [0.2, 0.25) is 0 Å². The Morgan fingerprint density at radius 3 is 2.38 bits per heavy atom. The van der Waals surface area contributed by atoms with Crippen molar-refractivity contribution in [3.8, 4) is 5.75 Å². The van der Waals surface area contributed by atoms with E-state index in [0.29, 0.717) is 30.6 Å². The Balaban J connectivity index is 1.83. The van der Waals surface area contributed by atoms with Crippen LogP contribution in [0, 0.1) is 22.0 Å². The largest absolute Gasteiger partial charge is 0.518 e. The zero-order chi connectivity index (χ0) is 18.7.